The van der Waals surface area contributed by atoms with E-state index in [0.717, 1.165) is 18.2 Å². The van der Waals surface area contributed by atoms with Crippen molar-refractivity contribution in [3.63, 3.8) is 0 Å². The van der Waals surface area contributed by atoms with Crippen LogP contribution in [0.5, 0.6) is 0 Å². The Morgan fingerprint density at radius 2 is 1.72 bits per heavy atom. The maximum Gasteiger partial charge on any atom is 0.416 e. The SMILES string of the molecule is O=C1CCc2cc(S(=O)(=O)N[C@H](Cc3ccccc3)C(=O)Nc3cccc(C(F)(F)F)c3)ccc2N1. The lowest BCUT2D eigenvalue weighted by Crippen LogP contribution is -2.45. The van der Waals surface area contributed by atoms with E-state index in [1.807, 2.05) is 0 Å². The number of alkyl halides is 3. The van der Waals surface area contributed by atoms with E-state index in [1.54, 1.807) is 30.3 Å². The fourth-order valence-corrected chi connectivity index (χ4v) is 5.07. The van der Waals surface area contributed by atoms with Crippen LogP contribution in [0.25, 0.3) is 0 Å². The molecule has 36 heavy (non-hydrogen) atoms. The predicted octanol–water partition coefficient (Wildman–Crippen LogP) is 4.12. The van der Waals surface area contributed by atoms with Crippen LogP contribution in [0.3, 0.4) is 0 Å². The van der Waals surface area contributed by atoms with Gasteiger partial charge in [0.25, 0.3) is 0 Å². The van der Waals surface area contributed by atoms with E-state index in [0.29, 0.717) is 23.2 Å². The first-order chi connectivity index (χ1) is 17.0. The maximum absolute atomic E-state index is 13.2. The summed E-state index contributed by atoms with van der Waals surface area (Å²) in [7, 11) is -4.20. The van der Waals surface area contributed by atoms with E-state index >= 15 is 0 Å². The summed E-state index contributed by atoms with van der Waals surface area (Å²) < 4.78 is 68.0. The third-order valence-corrected chi connectivity index (χ3v) is 7.11. The molecule has 0 saturated carbocycles. The van der Waals surface area contributed by atoms with E-state index in [2.05, 4.69) is 15.4 Å². The van der Waals surface area contributed by atoms with Gasteiger partial charge < -0.3 is 10.6 Å². The number of carbonyl (C=O) groups excluding carboxylic acids is 2. The second-order valence-electron chi connectivity index (χ2n) is 8.30. The highest BCUT2D eigenvalue weighted by molar-refractivity contribution is 7.89. The third kappa shape index (κ3) is 6.10. The maximum atomic E-state index is 13.2. The fourth-order valence-electron chi connectivity index (χ4n) is 3.82. The molecule has 1 heterocycles. The molecule has 0 bridgehead atoms. The summed E-state index contributed by atoms with van der Waals surface area (Å²) >= 11 is 0. The molecule has 3 aromatic carbocycles. The molecule has 0 unspecified atom stereocenters. The zero-order chi connectivity index (χ0) is 25.9. The van der Waals surface area contributed by atoms with Gasteiger partial charge in [-0.15, -0.1) is 0 Å². The van der Waals surface area contributed by atoms with Crippen LogP contribution in [0, 0.1) is 0 Å². The normalized spacial score (nSPS) is 14.5. The van der Waals surface area contributed by atoms with E-state index in [1.165, 1.54) is 24.3 Å². The van der Waals surface area contributed by atoms with Crippen LogP contribution in [-0.2, 0) is 38.6 Å². The number of benzene rings is 3. The van der Waals surface area contributed by atoms with Crippen LogP contribution in [-0.4, -0.2) is 26.3 Å². The summed E-state index contributed by atoms with van der Waals surface area (Å²) in [6.45, 7) is 0. The highest BCUT2D eigenvalue weighted by Gasteiger charge is 2.31. The number of hydrogen-bond acceptors (Lipinski definition) is 4. The zero-order valence-electron chi connectivity index (χ0n) is 18.8. The average Bonchev–Trinajstić information content (AvgIpc) is 2.83. The van der Waals surface area contributed by atoms with Gasteiger partial charge in [-0.3, -0.25) is 9.59 Å². The van der Waals surface area contributed by atoms with E-state index < -0.39 is 33.7 Å². The number of carbonyl (C=O) groups is 2. The lowest BCUT2D eigenvalue weighted by atomic mass is 10.0. The number of rotatable bonds is 7. The molecule has 1 aliphatic rings. The standard InChI is InChI=1S/C25H22F3N3O4S/c26-25(27,28)18-7-4-8-19(15-18)29-24(33)22(13-16-5-2-1-3-6-16)31-36(34,35)20-10-11-21-17(14-20)9-12-23(32)30-21/h1-8,10-11,14-15,22,31H,9,12-13H2,(H,29,33)(H,30,32)/t22-/m1/s1. The van der Waals surface area contributed by atoms with Crippen molar-refractivity contribution < 1.29 is 31.2 Å². The van der Waals surface area contributed by atoms with Gasteiger partial charge in [0.15, 0.2) is 0 Å². The molecule has 1 atom stereocenters. The highest BCUT2D eigenvalue weighted by Crippen LogP contribution is 2.31. The second-order valence-corrected chi connectivity index (χ2v) is 10.0. The number of anilines is 2. The Hall–Kier alpha value is -3.70. The van der Waals surface area contributed by atoms with Crippen molar-refractivity contribution >= 4 is 33.2 Å². The summed E-state index contributed by atoms with van der Waals surface area (Å²) in [5.41, 5.74) is 0.759. The van der Waals surface area contributed by atoms with E-state index in [4.69, 9.17) is 0 Å². The Balaban J connectivity index is 1.60. The summed E-state index contributed by atoms with van der Waals surface area (Å²) in [6.07, 6.45) is -4.04. The number of sulfonamides is 1. The van der Waals surface area contributed by atoms with Crippen LogP contribution in [0.1, 0.15) is 23.1 Å². The third-order valence-electron chi connectivity index (χ3n) is 5.64. The first kappa shape index (κ1) is 25.4. The number of halogens is 3. The van der Waals surface area contributed by atoms with Gasteiger partial charge in [-0.05, 0) is 60.4 Å². The van der Waals surface area contributed by atoms with Crippen LogP contribution < -0.4 is 15.4 Å². The molecule has 0 spiro atoms. The van der Waals surface area contributed by atoms with Crippen LogP contribution in [0.4, 0.5) is 24.5 Å². The van der Waals surface area contributed by atoms with Crippen LogP contribution >= 0.6 is 0 Å². The van der Waals surface area contributed by atoms with Crippen molar-refractivity contribution in [1.82, 2.24) is 4.72 Å². The fraction of sp³-hybridized carbons (Fsp3) is 0.200. The predicted molar refractivity (Wildman–Crippen MR) is 128 cm³/mol. The van der Waals surface area contributed by atoms with Crippen molar-refractivity contribution in [2.75, 3.05) is 10.6 Å². The van der Waals surface area contributed by atoms with Gasteiger partial charge in [0.05, 0.1) is 10.5 Å². The minimum atomic E-state index is -4.60. The summed E-state index contributed by atoms with van der Waals surface area (Å²) in [5, 5.41) is 5.06. The molecule has 188 valence electrons. The molecule has 0 fully saturated rings. The molecule has 0 saturated heterocycles. The Labute approximate surface area is 205 Å². The van der Waals surface area contributed by atoms with E-state index in [9.17, 15) is 31.2 Å². The molecule has 0 radical (unpaired) electrons. The number of aryl methyl sites for hydroxylation is 1. The smallest absolute Gasteiger partial charge is 0.326 e. The summed E-state index contributed by atoms with van der Waals surface area (Å²) in [6, 6.07) is 15.6. The van der Waals surface area contributed by atoms with Crippen molar-refractivity contribution in [1.29, 1.82) is 0 Å². The molecule has 0 aliphatic carbocycles. The average molecular weight is 518 g/mol. The highest BCUT2D eigenvalue weighted by atomic mass is 32.2. The Bertz CT molecular complexity index is 1390. The molecule has 4 rings (SSSR count). The first-order valence-electron chi connectivity index (χ1n) is 11.0. The number of amides is 2. The minimum absolute atomic E-state index is 0.0359. The molecule has 3 N–H and O–H groups in total. The summed E-state index contributed by atoms with van der Waals surface area (Å²) in [4.78, 5) is 24.6. The molecule has 11 heteroatoms. The number of hydrogen-bond donors (Lipinski definition) is 3. The number of fused-ring (bicyclic) bond motifs is 1. The monoisotopic (exact) mass is 517 g/mol. The largest absolute Gasteiger partial charge is 0.416 e. The molecule has 1 aliphatic heterocycles. The first-order valence-corrected chi connectivity index (χ1v) is 12.5. The van der Waals surface area contributed by atoms with Gasteiger partial charge in [-0.25, -0.2) is 8.42 Å². The molecule has 2 amide bonds. The molecular weight excluding hydrogens is 495 g/mol. The zero-order valence-corrected chi connectivity index (χ0v) is 19.6. The minimum Gasteiger partial charge on any atom is -0.326 e. The summed E-state index contributed by atoms with van der Waals surface area (Å²) in [5.74, 6) is -0.975. The van der Waals surface area contributed by atoms with E-state index in [-0.39, 0.29) is 29.3 Å². The van der Waals surface area contributed by atoms with Gasteiger partial charge in [0, 0.05) is 17.8 Å². The Kier molecular flexibility index (Phi) is 7.14. The molecule has 0 aromatic heterocycles. The molecule has 3 aromatic rings. The van der Waals surface area contributed by atoms with Crippen LogP contribution in [0.15, 0.2) is 77.7 Å². The van der Waals surface area contributed by atoms with Crippen LogP contribution in [0.2, 0.25) is 0 Å². The van der Waals surface area contributed by atoms with Crippen molar-refractivity contribution in [3.8, 4) is 0 Å². The van der Waals surface area contributed by atoms with Gasteiger partial charge in [0.2, 0.25) is 21.8 Å². The lowest BCUT2D eigenvalue weighted by Gasteiger charge is -2.21. The Morgan fingerprint density at radius 1 is 0.972 bits per heavy atom. The Morgan fingerprint density at radius 3 is 2.44 bits per heavy atom. The van der Waals surface area contributed by atoms with Gasteiger partial charge in [0.1, 0.15) is 6.04 Å². The quantitative estimate of drug-likeness (QED) is 0.439. The van der Waals surface area contributed by atoms with Crippen molar-refractivity contribution in [2.24, 2.45) is 0 Å². The number of nitrogens with one attached hydrogen (secondary N) is 3. The lowest BCUT2D eigenvalue weighted by molar-refractivity contribution is -0.137. The van der Waals surface area contributed by atoms with Crippen molar-refractivity contribution in [3.05, 3.63) is 89.5 Å². The molecular formula is C25H22F3N3O4S. The van der Waals surface area contributed by atoms with Crippen molar-refractivity contribution in [2.45, 2.75) is 36.4 Å². The van der Waals surface area contributed by atoms with Gasteiger partial charge in [-0.1, -0.05) is 36.4 Å². The van der Waals surface area contributed by atoms with Gasteiger partial charge >= 0.3 is 6.18 Å². The second kappa shape index (κ2) is 10.1. The van der Waals surface area contributed by atoms with Gasteiger partial charge in [-0.2, -0.15) is 17.9 Å². The topological polar surface area (TPSA) is 104 Å². The molecule has 7 nitrogen and oxygen atoms in total.